The van der Waals surface area contributed by atoms with E-state index in [2.05, 4.69) is 22.2 Å². The molecule has 2 heterocycles. The Bertz CT molecular complexity index is 537. The molecule has 0 bridgehead atoms. The smallest absolute Gasteiger partial charge is 0.323 e. The van der Waals surface area contributed by atoms with Gasteiger partial charge in [-0.05, 0) is 24.7 Å². The predicted molar refractivity (Wildman–Crippen MR) is 83.4 cm³/mol. The zero-order valence-corrected chi connectivity index (χ0v) is 13.3. The first kappa shape index (κ1) is 15.2. The van der Waals surface area contributed by atoms with Crippen LogP contribution in [0.5, 0.6) is 0 Å². The highest BCUT2D eigenvalue weighted by Gasteiger charge is 2.42. The van der Waals surface area contributed by atoms with Crippen molar-refractivity contribution in [1.29, 1.82) is 0 Å². The summed E-state index contributed by atoms with van der Waals surface area (Å²) in [6.07, 6.45) is 6.36. The summed E-state index contributed by atoms with van der Waals surface area (Å²) in [6, 6.07) is 2.12. The van der Waals surface area contributed by atoms with E-state index in [0.29, 0.717) is 30.3 Å². The highest BCUT2D eigenvalue weighted by Crippen LogP contribution is 2.39. The van der Waals surface area contributed by atoms with Gasteiger partial charge in [-0.2, -0.15) is 0 Å². The number of nitrogens with zero attached hydrogens (tertiary/aromatic N) is 3. The van der Waals surface area contributed by atoms with Gasteiger partial charge in [0.15, 0.2) is 0 Å². The van der Waals surface area contributed by atoms with E-state index >= 15 is 0 Å². The van der Waals surface area contributed by atoms with Crippen LogP contribution < -0.4 is 5.32 Å². The number of carbonyl (C=O) groups excluding carboxylic acids is 1. The molecule has 6 nitrogen and oxygen atoms in total. The van der Waals surface area contributed by atoms with Gasteiger partial charge in [0.1, 0.15) is 12.1 Å². The molecule has 120 valence electrons. The maximum atomic E-state index is 12.6. The Kier molecular flexibility index (Phi) is 4.57. The molecule has 1 aliphatic heterocycles. The van der Waals surface area contributed by atoms with Crippen molar-refractivity contribution >= 4 is 11.8 Å². The third-order valence-corrected chi connectivity index (χ3v) is 4.91. The van der Waals surface area contributed by atoms with Crippen LogP contribution in [-0.4, -0.2) is 40.6 Å². The Morgan fingerprint density at radius 3 is 3.05 bits per heavy atom. The van der Waals surface area contributed by atoms with E-state index in [4.69, 9.17) is 4.74 Å². The molecular weight excluding hydrogens is 280 g/mol. The minimum absolute atomic E-state index is 0.0386. The summed E-state index contributed by atoms with van der Waals surface area (Å²) < 4.78 is 5.06. The predicted octanol–water partition coefficient (Wildman–Crippen LogP) is 2.67. The summed E-state index contributed by atoms with van der Waals surface area (Å²) >= 11 is 0. The van der Waals surface area contributed by atoms with Crippen molar-refractivity contribution in [2.45, 2.75) is 45.3 Å². The van der Waals surface area contributed by atoms with Crippen LogP contribution in [0, 0.1) is 11.8 Å². The highest BCUT2D eigenvalue weighted by molar-refractivity contribution is 5.88. The lowest BCUT2D eigenvalue weighted by molar-refractivity contribution is 0.179. The number of amides is 2. The van der Waals surface area contributed by atoms with Crippen molar-refractivity contribution in [2.24, 2.45) is 11.8 Å². The molecule has 1 aromatic rings. The minimum Gasteiger partial charge on any atom is -0.378 e. The van der Waals surface area contributed by atoms with Gasteiger partial charge < -0.3 is 9.64 Å². The quantitative estimate of drug-likeness (QED) is 0.932. The molecule has 6 heteroatoms. The Morgan fingerprint density at radius 1 is 1.41 bits per heavy atom. The number of carbonyl (C=O) groups is 1. The highest BCUT2D eigenvalue weighted by atomic mass is 16.5. The monoisotopic (exact) mass is 304 g/mol. The van der Waals surface area contributed by atoms with E-state index in [9.17, 15) is 4.79 Å². The molecule has 0 radical (unpaired) electrons. The molecule has 0 spiro atoms. The van der Waals surface area contributed by atoms with Crippen molar-refractivity contribution in [3.8, 4) is 0 Å². The molecular formula is C16H24N4O2. The second kappa shape index (κ2) is 6.60. The third-order valence-electron chi connectivity index (χ3n) is 4.91. The normalized spacial score (nSPS) is 27.5. The molecule has 3 atom stereocenters. The van der Waals surface area contributed by atoms with Gasteiger partial charge in [0, 0.05) is 25.8 Å². The molecule has 22 heavy (non-hydrogen) atoms. The molecule has 0 aromatic carbocycles. The fraction of sp³-hybridized carbons (Fsp3) is 0.688. The van der Waals surface area contributed by atoms with Crippen molar-refractivity contribution in [1.82, 2.24) is 14.9 Å². The van der Waals surface area contributed by atoms with Crippen molar-refractivity contribution in [2.75, 3.05) is 19.0 Å². The average molecular weight is 304 g/mol. The number of likely N-dealkylation sites (tertiary alicyclic amines) is 1. The number of rotatable bonds is 3. The van der Waals surface area contributed by atoms with E-state index < -0.39 is 0 Å². The van der Waals surface area contributed by atoms with E-state index in [-0.39, 0.29) is 6.03 Å². The lowest BCUT2D eigenvalue weighted by Crippen LogP contribution is -2.41. The van der Waals surface area contributed by atoms with E-state index in [1.807, 2.05) is 4.90 Å². The number of ether oxygens (including phenoxy) is 1. The van der Waals surface area contributed by atoms with Crippen LogP contribution in [-0.2, 0) is 11.3 Å². The number of methoxy groups -OCH3 is 1. The molecule has 1 saturated heterocycles. The standard InChI is InChI=1S/C16H24N4O2/c1-11-8-20(14-6-4-3-5-13(11)14)16(21)19-15-7-12(9-22-2)17-10-18-15/h7,10-11,13-14H,3-6,8-9H2,1-2H3,(H,17,18,19,21). The van der Waals surface area contributed by atoms with Crippen LogP contribution in [0.1, 0.15) is 38.3 Å². The van der Waals surface area contributed by atoms with Gasteiger partial charge in [-0.25, -0.2) is 14.8 Å². The van der Waals surface area contributed by atoms with Crippen LogP contribution in [0.3, 0.4) is 0 Å². The van der Waals surface area contributed by atoms with Crippen LogP contribution >= 0.6 is 0 Å². The Morgan fingerprint density at radius 2 is 2.23 bits per heavy atom. The van der Waals surface area contributed by atoms with Gasteiger partial charge >= 0.3 is 6.03 Å². The second-order valence-electron chi connectivity index (χ2n) is 6.40. The van der Waals surface area contributed by atoms with E-state index in [1.165, 1.54) is 25.6 Å². The molecule has 1 N–H and O–H groups in total. The Hall–Kier alpha value is -1.69. The number of urea groups is 1. The number of nitrogens with one attached hydrogen (secondary N) is 1. The molecule has 3 rings (SSSR count). The third kappa shape index (κ3) is 3.06. The zero-order chi connectivity index (χ0) is 15.5. The van der Waals surface area contributed by atoms with Crippen LogP contribution in [0.25, 0.3) is 0 Å². The molecule has 1 aliphatic carbocycles. The Labute approximate surface area is 131 Å². The van der Waals surface area contributed by atoms with Gasteiger partial charge in [0.25, 0.3) is 0 Å². The van der Waals surface area contributed by atoms with Crippen LogP contribution in [0.2, 0.25) is 0 Å². The lowest BCUT2D eigenvalue weighted by atomic mass is 9.80. The molecule has 1 aromatic heterocycles. The maximum Gasteiger partial charge on any atom is 0.323 e. The summed E-state index contributed by atoms with van der Waals surface area (Å²) in [6.45, 7) is 3.52. The molecule has 2 aliphatic rings. The van der Waals surface area contributed by atoms with Gasteiger partial charge in [0.05, 0.1) is 12.3 Å². The van der Waals surface area contributed by atoms with Crippen LogP contribution in [0.15, 0.2) is 12.4 Å². The zero-order valence-electron chi connectivity index (χ0n) is 13.3. The summed E-state index contributed by atoms with van der Waals surface area (Å²) in [4.78, 5) is 22.9. The lowest BCUT2D eigenvalue weighted by Gasteiger charge is -2.32. The van der Waals surface area contributed by atoms with Gasteiger partial charge in [-0.3, -0.25) is 5.32 Å². The van der Waals surface area contributed by atoms with Gasteiger partial charge in [-0.15, -0.1) is 0 Å². The largest absolute Gasteiger partial charge is 0.378 e. The maximum absolute atomic E-state index is 12.6. The number of anilines is 1. The first-order valence-electron chi connectivity index (χ1n) is 8.06. The molecule has 2 fully saturated rings. The van der Waals surface area contributed by atoms with Crippen molar-refractivity contribution in [3.05, 3.63) is 18.1 Å². The van der Waals surface area contributed by atoms with Gasteiger partial charge in [0.2, 0.25) is 0 Å². The average Bonchev–Trinajstić information content (AvgIpc) is 2.86. The molecule has 1 saturated carbocycles. The first-order valence-corrected chi connectivity index (χ1v) is 8.06. The first-order chi connectivity index (χ1) is 10.7. The van der Waals surface area contributed by atoms with Gasteiger partial charge in [-0.1, -0.05) is 19.8 Å². The second-order valence-corrected chi connectivity index (χ2v) is 6.40. The summed E-state index contributed by atoms with van der Waals surface area (Å²) in [5.74, 6) is 1.79. The summed E-state index contributed by atoms with van der Waals surface area (Å²) in [7, 11) is 1.62. The fourth-order valence-electron chi connectivity index (χ4n) is 3.88. The van der Waals surface area contributed by atoms with E-state index in [1.54, 1.807) is 13.2 Å². The minimum atomic E-state index is -0.0386. The van der Waals surface area contributed by atoms with Crippen LogP contribution in [0.4, 0.5) is 10.6 Å². The van der Waals surface area contributed by atoms with E-state index in [0.717, 1.165) is 18.7 Å². The number of hydrogen-bond acceptors (Lipinski definition) is 4. The number of hydrogen-bond donors (Lipinski definition) is 1. The summed E-state index contributed by atoms with van der Waals surface area (Å²) in [5.41, 5.74) is 0.762. The van der Waals surface area contributed by atoms with Crippen molar-refractivity contribution in [3.63, 3.8) is 0 Å². The topological polar surface area (TPSA) is 67.3 Å². The Balaban J connectivity index is 1.68. The SMILES string of the molecule is COCc1cc(NC(=O)N2CC(C)C3CCCCC32)ncn1. The molecule has 3 unspecified atom stereocenters. The number of fused-ring (bicyclic) bond motifs is 1. The fourth-order valence-corrected chi connectivity index (χ4v) is 3.88. The van der Waals surface area contributed by atoms with Crippen molar-refractivity contribution < 1.29 is 9.53 Å². The molecule has 2 amide bonds. The summed E-state index contributed by atoms with van der Waals surface area (Å²) in [5, 5.41) is 2.92. The number of aromatic nitrogens is 2.